The van der Waals surface area contributed by atoms with Gasteiger partial charge in [-0.05, 0) is 44.0 Å². The van der Waals surface area contributed by atoms with Crippen molar-refractivity contribution in [1.29, 1.82) is 0 Å². The molecule has 0 unspecified atom stereocenters. The van der Waals surface area contributed by atoms with Crippen molar-refractivity contribution in [2.75, 3.05) is 11.9 Å². The molecule has 110 valence electrons. The Morgan fingerprint density at radius 1 is 1.09 bits per heavy atom. The highest BCUT2D eigenvalue weighted by molar-refractivity contribution is 5.72. The van der Waals surface area contributed by atoms with Gasteiger partial charge in [0.1, 0.15) is 5.82 Å². The number of benzene rings is 1. The minimum Gasteiger partial charge on any atom is -0.369 e. The molecule has 1 aliphatic rings. The number of anilines is 1. The van der Waals surface area contributed by atoms with Crippen molar-refractivity contribution in [3.63, 3.8) is 0 Å². The van der Waals surface area contributed by atoms with Crippen LogP contribution in [0, 0.1) is 13.8 Å². The molecule has 0 aliphatic carbocycles. The van der Waals surface area contributed by atoms with Gasteiger partial charge in [-0.25, -0.2) is 4.68 Å². The maximum absolute atomic E-state index is 4.89. The number of aromatic nitrogens is 3. The minimum absolute atomic E-state index is 0.968. The molecular formula is C18H18N4. The van der Waals surface area contributed by atoms with Gasteiger partial charge in [-0.3, -0.25) is 4.98 Å². The highest BCUT2D eigenvalue weighted by Crippen LogP contribution is 2.34. The second-order valence-corrected chi connectivity index (χ2v) is 5.79. The topological polar surface area (TPSA) is 42.7 Å². The van der Waals surface area contributed by atoms with E-state index in [1.54, 1.807) is 0 Å². The van der Waals surface area contributed by atoms with Crippen LogP contribution in [0.4, 0.5) is 5.82 Å². The summed E-state index contributed by atoms with van der Waals surface area (Å²) in [4.78, 5) is 4.10. The molecule has 3 heterocycles. The van der Waals surface area contributed by atoms with Crippen LogP contribution in [0.3, 0.4) is 0 Å². The van der Waals surface area contributed by atoms with E-state index in [1.807, 2.05) is 29.2 Å². The fraction of sp³-hybridized carbons (Fsp3) is 0.222. The zero-order valence-corrected chi connectivity index (χ0v) is 12.8. The van der Waals surface area contributed by atoms with Gasteiger partial charge >= 0.3 is 0 Å². The van der Waals surface area contributed by atoms with Crippen LogP contribution in [0.5, 0.6) is 0 Å². The first-order chi connectivity index (χ1) is 10.7. The molecule has 0 saturated carbocycles. The quantitative estimate of drug-likeness (QED) is 0.785. The van der Waals surface area contributed by atoms with E-state index in [-0.39, 0.29) is 0 Å². The van der Waals surface area contributed by atoms with E-state index in [4.69, 9.17) is 5.10 Å². The molecule has 0 atom stereocenters. The molecule has 1 aliphatic heterocycles. The number of rotatable bonds is 2. The van der Waals surface area contributed by atoms with E-state index < -0.39 is 0 Å². The molecule has 0 spiro atoms. The summed E-state index contributed by atoms with van der Waals surface area (Å²) in [6, 6.07) is 10.5. The number of pyridine rings is 1. The van der Waals surface area contributed by atoms with Crippen molar-refractivity contribution in [3.8, 4) is 16.9 Å². The number of hydrogen-bond acceptors (Lipinski definition) is 3. The van der Waals surface area contributed by atoms with Crippen molar-refractivity contribution < 1.29 is 0 Å². The van der Waals surface area contributed by atoms with E-state index in [0.29, 0.717) is 0 Å². The summed E-state index contributed by atoms with van der Waals surface area (Å²) in [5.74, 6) is 1.12. The Kier molecular flexibility index (Phi) is 2.96. The lowest BCUT2D eigenvalue weighted by molar-refractivity contribution is 0.874. The van der Waals surface area contributed by atoms with Crippen molar-refractivity contribution in [2.45, 2.75) is 20.3 Å². The predicted molar refractivity (Wildman–Crippen MR) is 88.5 cm³/mol. The van der Waals surface area contributed by atoms with Gasteiger partial charge in [-0.1, -0.05) is 17.7 Å². The average Bonchev–Trinajstić information content (AvgIpc) is 3.11. The third-order valence-electron chi connectivity index (χ3n) is 4.19. The van der Waals surface area contributed by atoms with Gasteiger partial charge in [0.15, 0.2) is 0 Å². The third kappa shape index (κ3) is 1.99. The Morgan fingerprint density at radius 2 is 1.91 bits per heavy atom. The first kappa shape index (κ1) is 13.1. The standard InChI is InChI=1S/C18H18N4/c1-12-3-4-16(13(2)11-12)22-18-15(7-10-20-18)17(21-22)14-5-8-19-9-6-14/h3-6,8-9,11,20H,7,10H2,1-2H3. The first-order valence-corrected chi connectivity index (χ1v) is 7.58. The summed E-state index contributed by atoms with van der Waals surface area (Å²) in [5, 5.41) is 8.37. The molecule has 4 nitrogen and oxygen atoms in total. The summed E-state index contributed by atoms with van der Waals surface area (Å²) in [6.45, 7) is 5.22. The van der Waals surface area contributed by atoms with E-state index in [1.165, 1.54) is 16.7 Å². The molecule has 0 fully saturated rings. The molecule has 0 amide bonds. The van der Waals surface area contributed by atoms with E-state index in [2.05, 4.69) is 42.3 Å². The normalized spacial score (nSPS) is 13.0. The molecule has 22 heavy (non-hydrogen) atoms. The second-order valence-electron chi connectivity index (χ2n) is 5.79. The highest BCUT2D eigenvalue weighted by atomic mass is 15.3. The number of fused-ring (bicyclic) bond motifs is 1. The number of aryl methyl sites for hydroxylation is 2. The molecule has 1 N–H and O–H groups in total. The van der Waals surface area contributed by atoms with Crippen LogP contribution < -0.4 is 5.32 Å². The Bertz CT molecular complexity index is 834. The molecule has 4 heteroatoms. The zero-order chi connectivity index (χ0) is 15.1. The van der Waals surface area contributed by atoms with Gasteiger partial charge in [0.05, 0.1) is 11.4 Å². The molecule has 0 saturated heterocycles. The lowest BCUT2D eigenvalue weighted by atomic mass is 10.1. The average molecular weight is 290 g/mol. The van der Waals surface area contributed by atoms with Crippen LogP contribution in [0.15, 0.2) is 42.7 Å². The second kappa shape index (κ2) is 4.98. The van der Waals surface area contributed by atoms with Crippen molar-refractivity contribution in [2.24, 2.45) is 0 Å². The summed E-state index contributed by atoms with van der Waals surface area (Å²) < 4.78 is 2.05. The van der Waals surface area contributed by atoms with Crippen molar-refractivity contribution in [1.82, 2.24) is 14.8 Å². The van der Waals surface area contributed by atoms with Crippen LogP contribution in [-0.4, -0.2) is 21.3 Å². The molecular weight excluding hydrogens is 272 g/mol. The molecule has 3 aromatic rings. The largest absolute Gasteiger partial charge is 0.369 e. The monoisotopic (exact) mass is 290 g/mol. The maximum Gasteiger partial charge on any atom is 0.133 e. The van der Waals surface area contributed by atoms with E-state index >= 15 is 0 Å². The Balaban J connectivity index is 1.92. The summed E-state index contributed by atoms with van der Waals surface area (Å²) >= 11 is 0. The Morgan fingerprint density at radius 3 is 2.68 bits per heavy atom. The summed E-state index contributed by atoms with van der Waals surface area (Å²) in [5.41, 5.74) is 7.12. The Labute approximate surface area is 129 Å². The lowest BCUT2D eigenvalue weighted by Crippen LogP contribution is -2.05. The van der Waals surface area contributed by atoms with Gasteiger partial charge in [0.2, 0.25) is 0 Å². The van der Waals surface area contributed by atoms with Crippen molar-refractivity contribution in [3.05, 3.63) is 59.4 Å². The first-order valence-electron chi connectivity index (χ1n) is 7.58. The number of nitrogens with one attached hydrogen (secondary N) is 1. The molecule has 0 bridgehead atoms. The molecule has 0 radical (unpaired) electrons. The van der Waals surface area contributed by atoms with Crippen molar-refractivity contribution >= 4 is 5.82 Å². The zero-order valence-electron chi connectivity index (χ0n) is 12.8. The van der Waals surface area contributed by atoms with E-state index in [0.717, 1.165) is 35.7 Å². The maximum atomic E-state index is 4.89. The van der Waals surface area contributed by atoms with Gasteiger partial charge in [0.25, 0.3) is 0 Å². The number of nitrogens with zero attached hydrogens (tertiary/aromatic N) is 3. The van der Waals surface area contributed by atoms with Gasteiger partial charge in [-0.15, -0.1) is 0 Å². The SMILES string of the molecule is Cc1ccc(-n2nc(-c3ccncc3)c3c2NCC3)c(C)c1. The van der Waals surface area contributed by atoms with Crippen LogP contribution in [0.25, 0.3) is 16.9 Å². The molecule has 4 rings (SSSR count). The smallest absolute Gasteiger partial charge is 0.133 e. The fourth-order valence-corrected chi connectivity index (χ4v) is 3.13. The predicted octanol–water partition coefficient (Wildman–Crippen LogP) is 3.52. The highest BCUT2D eigenvalue weighted by Gasteiger charge is 2.24. The Hall–Kier alpha value is -2.62. The van der Waals surface area contributed by atoms with Gasteiger partial charge in [-0.2, -0.15) is 5.10 Å². The number of hydrogen-bond donors (Lipinski definition) is 1. The molecule has 1 aromatic carbocycles. The van der Waals surface area contributed by atoms with Gasteiger partial charge in [0, 0.05) is 30.1 Å². The summed E-state index contributed by atoms with van der Waals surface area (Å²) in [6.07, 6.45) is 4.65. The minimum atomic E-state index is 0.968. The van der Waals surface area contributed by atoms with Crippen LogP contribution in [-0.2, 0) is 6.42 Å². The van der Waals surface area contributed by atoms with Crippen LogP contribution >= 0.6 is 0 Å². The molecule has 2 aromatic heterocycles. The lowest BCUT2D eigenvalue weighted by Gasteiger charge is -2.10. The van der Waals surface area contributed by atoms with Crippen LogP contribution in [0.1, 0.15) is 16.7 Å². The third-order valence-corrected chi connectivity index (χ3v) is 4.19. The summed E-state index contributed by atoms with van der Waals surface area (Å²) in [7, 11) is 0. The van der Waals surface area contributed by atoms with Crippen LogP contribution in [0.2, 0.25) is 0 Å². The van der Waals surface area contributed by atoms with E-state index in [9.17, 15) is 0 Å². The fourth-order valence-electron chi connectivity index (χ4n) is 3.13. The van der Waals surface area contributed by atoms with Gasteiger partial charge < -0.3 is 5.32 Å².